The minimum atomic E-state index is -1.10. The topological polar surface area (TPSA) is 93.2 Å². The van der Waals surface area contributed by atoms with Gasteiger partial charge in [-0.3, -0.25) is 14.4 Å². The predicted molar refractivity (Wildman–Crippen MR) is 135 cm³/mol. The molecule has 0 aromatic heterocycles. The molecule has 0 N–H and O–H groups in total. The molecule has 2 unspecified atom stereocenters. The van der Waals surface area contributed by atoms with Gasteiger partial charge in [-0.1, -0.05) is 44.2 Å². The third-order valence-corrected chi connectivity index (χ3v) is 7.79. The second-order valence-electron chi connectivity index (χ2n) is 9.95. The van der Waals surface area contributed by atoms with E-state index >= 15 is 0 Å². The molecule has 2 heterocycles. The number of rotatable bonds is 13. The van der Waals surface area contributed by atoms with E-state index < -0.39 is 29.1 Å². The van der Waals surface area contributed by atoms with Crippen LogP contribution in [0.25, 0.3) is 0 Å². The molecule has 2 fully saturated rings. The lowest BCUT2D eigenvalue weighted by molar-refractivity contribution is -0.168. The molecule has 1 aromatic carbocycles. The summed E-state index contributed by atoms with van der Waals surface area (Å²) in [6.07, 6.45) is 5.79. The number of fused-ring (bicyclic) bond motifs is 2. The van der Waals surface area contributed by atoms with Gasteiger partial charge in [-0.2, -0.15) is 0 Å². The number of methoxy groups -OCH3 is 1. The lowest BCUT2D eigenvalue weighted by Gasteiger charge is -2.49. The van der Waals surface area contributed by atoms with E-state index in [9.17, 15) is 19.2 Å². The molecule has 2 atom stereocenters. The highest BCUT2D eigenvalue weighted by molar-refractivity contribution is 6.38. The second-order valence-corrected chi connectivity index (χ2v) is 9.95. The van der Waals surface area contributed by atoms with Crippen LogP contribution in [-0.2, 0) is 35.1 Å². The van der Waals surface area contributed by atoms with E-state index in [-0.39, 0.29) is 25.2 Å². The number of esters is 1. The zero-order valence-electron chi connectivity index (χ0n) is 21.9. The highest BCUT2D eigenvalue weighted by atomic mass is 16.6. The van der Waals surface area contributed by atoms with Gasteiger partial charge in [-0.05, 0) is 56.9 Å². The van der Waals surface area contributed by atoms with Crippen LogP contribution >= 0.6 is 0 Å². The third kappa shape index (κ3) is 6.33. The molecule has 0 spiro atoms. The standard InChI is InChI=1S/C28H40N2O6/c1-4-28(5-2,20-36-24(31)19-35-3)25(32)27(34)30-22-15-11-16-23(30)26(33)29(18-22)17-10-9-14-21-12-7-6-8-13-21/h6-8,12-13,22-23H,4-5,9-11,14-20H2,1-3H3. The Morgan fingerprint density at radius 3 is 2.44 bits per heavy atom. The zero-order chi connectivity index (χ0) is 26.1. The Labute approximate surface area is 214 Å². The average molecular weight is 501 g/mol. The van der Waals surface area contributed by atoms with Gasteiger partial charge in [0.05, 0.1) is 11.5 Å². The van der Waals surface area contributed by atoms with Crippen molar-refractivity contribution in [2.75, 3.05) is 33.4 Å². The molecule has 2 aliphatic heterocycles. The number of ketones is 1. The van der Waals surface area contributed by atoms with E-state index in [1.54, 1.807) is 4.90 Å². The highest BCUT2D eigenvalue weighted by Crippen LogP contribution is 2.34. The van der Waals surface area contributed by atoms with E-state index in [2.05, 4.69) is 12.1 Å². The number of carbonyl (C=O) groups is 4. The Morgan fingerprint density at radius 1 is 1.06 bits per heavy atom. The molecular weight excluding hydrogens is 460 g/mol. The van der Waals surface area contributed by atoms with Crippen molar-refractivity contribution in [3.05, 3.63) is 35.9 Å². The van der Waals surface area contributed by atoms with Crippen LogP contribution in [0.2, 0.25) is 0 Å². The lowest BCUT2D eigenvalue weighted by Crippen LogP contribution is -2.67. The fourth-order valence-corrected chi connectivity index (χ4v) is 5.40. The summed E-state index contributed by atoms with van der Waals surface area (Å²) in [7, 11) is 1.39. The van der Waals surface area contributed by atoms with Crippen LogP contribution in [0.4, 0.5) is 0 Å². The maximum atomic E-state index is 13.6. The van der Waals surface area contributed by atoms with Crippen molar-refractivity contribution in [3.8, 4) is 0 Å². The SMILES string of the molecule is CCC(CC)(COC(=O)COC)C(=O)C(=O)N1C2CCCC1C(=O)N(CCCCc1ccccc1)C2. The molecule has 3 rings (SSSR count). The summed E-state index contributed by atoms with van der Waals surface area (Å²) >= 11 is 0. The maximum absolute atomic E-state index is 13.6. The Balaban J connectivity index is 1.64. The fraction of sp³-hybridized carbons (Fsp3) is 0.643. The number of Topliss-reactive ketones (excluding diaryl/α,β-unsaturated/α-hetero) is 1. The summed E-state index contributed by atoms with van der Waals surface area (Å²) in [6, 6.07) is 9.55. The number of nitrogens with zero attached hydrogens (tertiary/aromatic N) is 2. The maximum Gasteiger partial charge on any atom is 0.332 e. The number of hydrogen-bond donors (Lipinski definition) is 0. The smallest absolute Gasteiger partial charge is 0.332 e. The monoisotopic (exact) mass is 500 g/mol. The van der Waals surface area contributed by atoms with Crippen molar-refractivity contribution >= 4 is 23.6 Å². The molecule has 8 heteroatoms. The van der Waals surface area contributed by atoms with Crippen molar-refractivity contribution in [1.29, 1.82) is 0 Å². The van der Waals surface area contributed by atoms with Gasteiger partial charge in [-0.15, -0.1) is 0 Å². The molecule has 1 aromatic rings. The molecular formula is C28H40N2O6. The minimum absolute atomic E-state index is 0.0584. The Morgan fingerprint density at radius 2 is 1.78 bits per heavy atom. The first-order valence-electron chi connectivity index (χ1n) is 13.2. The van der Waals surface area contributed by atoms with E-state index in [0.717, 1.165) is 32.1 Å². The minimum Gasteiger partial charge on any atom is -0.463 e. The first-order valence-corrected chi connectivity index (χ1v) is 13.2. The van der Waals surface area contributed by atoms with Crippen LogP contribution in [0.1, 0.15) is 64.4 Å². The first kappa shape index (κ1) is 27.8. The summed E-state index contributed by atoms with van der Waals surface area (Å²) in [5.41, 5.74) is 0.185. The quantitative estimate of drug-likeness (QED) is 0.235. The molecule has 36 heavy (non-hydrogen) atoms. The fourth-order valence-electron chi connectivity index (χ4n) is 5.40. The van der Waals surface area contributed by atoms with Crippen LogP contribution < -0.4 is 0 Å². The van der Waals surface area contributed by atoms with Gasteiger partial charge in [0.1, 0.15) is 19.3 Å². The first-order chi connectivity index (χ1) is 17.4. The number of aryl methyl sites for hydroxylation is 1. The number of likely N-dealkylation sites (tertiary alicyclic amines) is 1. The van der Waals surface area contributed by atoms with Gasteiger partial charge >= 0.3 is 5.97 Å². The molecule has 0 aliphatic carbocycles. The van der Waals surface area contributed by atoms with Crippen LogP contribution in [0.5, 0.6) is 0 Å². The van der Waals surface area contributed by atoms with Crippen LogP contribution in [0.3, 0.4) is 0 Å². The van der Waals surface area contributed by atoms with Gasteiger partial charge in [0.15, 0.2) is 0 Å². The molecule has 2 aliphatic rings. The van der Waals surface area contributed by atoms with Crippen LogP contribution in [-0.4, -0.2) is 78.9 Å². The molecule has 8 nitrogen and oxygen atoms in total. The number of piperidine rings is 1. The van der Waals surface area contributed by atoms with Crippen molar-refractivity contribution in [1.82, 2.24) is 9.80 Å². The summed E-state index contributed by atoms with van der Waals surface area (Å²) < 4.78 is 10.1. The Kier molecular flexibility index (Phi) is 10.0. The zero-order valence-corrected chi connectivity index (χ0v) is 21.9. The summed E-state index contributed by atoms with van der Waals surface area (Å²) in [5.74, 6) is -1.82. The van der Waals surface area contributed by atoms with Crippen molar-refractivity contribution in [2.24, 2.45) is 5.41 Å². The van der Waals surface area contributed by atoms with Gasteiger partial charge in [0.25, 0.3) is 5.91 Å². The summed E-state index contributed by atoms with van der Waals surface area (Å²) in [4.78, 5) is 55.7. The van der Waals surface area contributed by atoms with Crippen LogP contribution in [0, 0.1) is 5.41 Å². The normalized spacial score (nSPS) is 19.8. The number of ether oxygens (including phenoxy) is 2. The number of benzene rings is 1. The van der Waals surface area contributed by atoms with Gasteiger partial charge in [0.2, 0.25) is 11.7 Å². The van der Waals surface area contributed by atoms with Crippen LogP contribution in [0.15, 0.2) is 30.3 Å². The Hall–Kier alpha value is -2.74. The average Bonchev–Trinajstić information content (AvgIpc) is 2.90. The molecule has 0 radical (unpaired) electrons. The largest absolute Gasteiger partial charge is 0.463 e. The van der Waals surface area contributed by atoms with Crippen molar-refractivity contribution in [3.63, 3.8) is 0 Å². The van der Waals surface area contributed by atoms with Gasteiger partial charge in [-0.25, -0.2) is 4.79 Å². The van der Waals surface area contributed by atoms with Gasteiger partial charge in [0, 0.05) is 20.2 Å². The van der Waals surface area contributed by atoms with E-state index in [0.29, 0.717) is 32.4 Å². The van der Waals surface area contributed by atoms with E-state index in [4.69, 9.17) is 9.47 Å². The summed E-state index contributed by atoms with van der Waals surface area (Å²) in [6.45, 7) is 4.39. The van der Waals surface area contributed by atoms with Crippen molar-refractivity contribution < 1.29 is 28.7 Å². The number of carbonyl (C=O) groups excluding carboxylic acids is 4. The Bertz CT molecular complexity index is 914. The second kappa shape index (κ2) is 13.0. The number of unbranched alkanes of at least 4 members (excludes halogenated alkanes) is 1. The number of amides is 2. The van der Waals surface area contributed by atoms with Gasteiger partial charge < -0.3 is 19.3 Å². The molecule has 198 valence electrons. The molecule has 2 saturated heterocycles. The van der Waals surface area contributed by atoms with E-state index in [1.165, 1.54) is 12.7 Å². The lowest BCUT2D eigenvalue weighted by atomic mass is 9.77. The number of piperazine rings is 1. The molecule has 2 amide bonds. The van der Waals surface area contributed by atoms with Crippen molar-refractivity contribution in [2.45, 2.75) is 77.3 Å². The number of hydrogen-bond acceptors (Lipinski definition) is 6. The third-order valence-electron chi connectivity index (χ3n) is 7.79. The van der Waals surface area contributed by atoms with E-state index in [1.807, 2.05) is 36.9 Å². The summed E-state index contributed by atoms with van der Waals surface area (Å²) in [5, 5.41) is 0. The predicted octanol–water partition coefficient (Wildman–Crippen LogP) is 3.17. The highest BCUT2D eigenvalue weighted by Gasteiger charge is 2.50. The molecule has 0 saturated carbocycles. The molecule has 2 bridgehead atoms.